The number of ether oxygens (including phenoxy) is 2. The van der Waals surface area contributed by atoms with E-state index in [1.807, 2.05) is 0 Å². The van der Waals surface area contributed by atoms with Gasteiger partial charge in [0.2, 0.25) is 5.89 Å². The Bertz CT molecular complexity index is 395. The van der Waals surface area contributed by atoms with Crippen molar-refractivity contribution in [2.24, 2.45) is 0 Å². The van der Waals surface area contributed by atoms with Crippen LogP contribution in [-0.2, 0) is 27.3 Å². The summed E-state index contributed by atoms with van der Waals surface area (Å²) in [6, 6.07) is 0. The zero-order valence-electron chi connectivity index (χ0n) is 10.2. The summed E-state index contributed by atoms with van der Waals surface area (Å²) in [4.78, 5) is 15.7. The number of nitrogens with zero attached hydrogens (tertiary/aromatic N) is 1. The van der Waals surface area contributed by atoms with Gasteiger partial charge < -0.3 is 13.9 Å². The van der Waals surface area contributed by atoms with E-state index in [9.17, 15) is 4.79 Å². The molecular formula is C12H17NO4. The molecule has 0 N–H and O–H groups in total. The van der Waals surface area contributed by atoms with Gasteiger partial charge in [-0.25, -0.2) is 4.98 Å². The number of methoxy groups -OCH3 is 1. The van der Waals surface area contributed by atoms with Crippen LogP contribution in [-0.4, -0.2) is 24.7 Å². The van der Waals surface area contributed by atoms with E-state index < -0.39 is 0 Å². The van der Waals surface area contributed by atoms with Crippen molar-refractivity contribution in [2.45, 2.75) is 38.7 Å². The highest BCUT2D eigenvalue weighted by molar-refractivity contribution is 5.72. The normalized spacial score (nSPS) is 14.9. The first-order valence-electron chi connectivity index (χ1n) is 5.87. The molecule has 0 unspecified atom stereocenters. The van der Waals surface area contributed by atoms with Crippen LogP contribution in [0.3, 0.4) is 0 Å². The van der Waals surface area contributed by atoms with Crippen molar-refractivity contribution >= 4 is 5.97 Å². The van der Waals surface area contributed by atoms with Gasteiger partial charge in [-0.2, -0.15) is 0 Å². The number of aromatic nitrogens is 1. The van der Waals surface area contributed by atoms with E-state index in [-0.39, 0.29) is 12.4 Å². The molecule has 1 aromatic rings. The zero-order chi connectivity index (χ0) is 12.3. The number of rotatable bonds is 6. The van der Waals surface area contributed by atoms with Gasteiger partial charge >= 0.3 is 5.97 Å². The van der Waals surface area contributed by atoms with E-state index in [4.69, 9.17) is 13.9 Å². The van der Waals surface area contributed by atoms with E-state index in [2.05, 4.69) is 4.98 Å². The van der Waals surface area contributed by atoms with Gasteiger partial charge in [-0.05, 0) is 19.8 Å². The minimum absolute atomic E-state index is 0.187. The molecule has 0 bridgehead atoms. The summed E-state index contributed by atoms with van der Waals surface area (Å²) in [6.45, 7) is 2.52. The molecule has 1 fully saturated rings. The number of oxazole rings is 1. The molecule has 1 heterocycles. The lowest BCUT2D eigenvalue weighted by Gasteiger charge is -2.00. The van der Waals surface area contributed by atoms with Crippen molar-refractivity contribution in [1.29, 1.82) is 0 Å². The van der Waals surface area contributed by atoms with Crippen molar-refractivity contribution in [2.75, 3.05) is 13.7 Å². The standard InChI is InChI=1S/C12H17NO4/c1-3-16-11(14)6-9-12(8-4-5-8)17-10(13-9)7-15-2/h8H,3-7H2,1-2H3. The molecule has 1 aliphatic rings. The second-order valence-corrected chi connectivity index (χ2v) is 4.11. The van der Waals surface area contributed by atoms with Crippen LogP contribution in [0.5, 0.6) is 0 Å². The monoisotopic (exact) mass is 239 g/mol. The Morgan fingerprint density at radius 1 is 1.53 bits per heavy atom. The molecule has 0 aromatic carbocycles. The highest BCUT2D eigenvalue weighted by Crippen LogP contribution is 2.42. The Morgan fingerprint density at radius 2 is 2.29 bits per heavy atom. The Balaban J connectivity index is 2.10. The van der Waals surface area contributed by atoms with Gasteiger partial charge in [-0.3, -0.25) is 4.79 Å². The maximum Gasteiger partial charge on any atom is 0.311 e. The average Bonchev–Trinajstić information content (AvgIpc) is 3.04. The first-order chi connectivity index (χ1) is 8.24. The third-order valence-electron chi connectivity index (χ3n) is 2.60. The Morgan fingerprint density at radius 3 is 2.88 bits per heavy atom. The lowest BCUT2D eigenvalue weighted by atomic mass is 10.2. The minimum Gasteiger partial charge on any atom is -0.466 e. The molecule has 0 saturated heterocycles. The number of hydrogen-bond acceptors (Lipinski definition) is 5. The van der Waals surface area contributed by atoms with Crippen LogP contribution in [0, 0.1) is 0 Å². The van der Waals surface area contributed by atoms with Gasteiger partial charge in [0, 0.05) is 13.0 Å². The number of carbonyl (C=O) groups excluding carboxylic acids is 1. The van der Waals surface area contributed by atoms with Crippen LogP contribution in [0.15, 0.2) is 4.42 Å². The predicted octanol–water partition coefficient (Wildman–Crippen LogP) is 1.80. The van der Waals surface area contributed by atoms with Crippen molar-refractivity contribution in [3.63, 3.8) is 0 Å². The third-order valence-corrected chi connectivity index (χ3v) is 2.60. The fourth-order valence-corrected chi connectivity index (χ4v) is 1.74. The Kier molecular flexibility index (Phi) is 3.78. The van der Waals surface area contributed by atoms with Crippen LogP contribution < -0.4 is 0 Å². The molecule has 5 heteroatoms. The number of carbonyl (C=O) groups is 1. The smallest absolute Gasteiger partial charge is 0.311 e. The van der Waals surface area contributed by atoms with Crippen molar-refractivity contribution in [3.05, 3.63) is 17.3 Å². The number of esters is 1. The van der Waals surface area contributed by atoms with E-state index in [1.165, 1.54) is 0 Å². The molecule has 5 nitrogen and oxygen atoms in total. The third kappa shape index (κ3) is 3.06. The van der Waals surface area contributed by atoms with Gasteiger partial charge in [0.25, 0.3) is 0 Å². The highest BCUT2D eigenvalue weighted by Gasteiger charge is 2.32. The minimum atomic E-state index is -0.258. The molecule has 0 radical (unpaired) electrons. The SMILES string of the molecule is CCOC(=O)Cc1nc(COC)oc1C1CC1. The van der Waals surface area contributed by atoms with E-state index in [0.717, 1.165) is 18.6 Å². The summed E-state index contributed by atoms with van der Waals surface area (Å²) < 4.78 is 15.5. The largest absolute Gasteiger partial charge is 0.466 e. The van der Waals surface area contributed by atoms with E-state index in [1.54, 1.807) is 14.0 Å². The first-order valence-corrected chi connectivity index (χ1v) is 5.87. The van der Waals surface area contributed by atoms with Crippen LogP contribution in [0.4, 0.5) is 0 Å². The summed E-state index contributed by atoms with van der Waals surface area (Å²) in [7, 11) is 1.59. The summed E-state index contributed by atoms with van der Waals surface area (Å²) >= 11 is 0. The molecule has 17 heavy (non-hydrogen) atoms. The van der Waals surface area contributed by atoms with Crippen LogP contribution in [0.1, 0.15) is 43.0 Å². The van der Waals surface area contributed by atoms with Gasteiger partial charge in [-0.1, -0.05) is 0 Å². The van der Waals surface area contributed by atoms with Crippen molar-refractivity contribution < 1.29 is 18.7 Å². The molecule has 1 aliphatic carbocycles. The maximum absolute atomic E-state index is 11.4. The molecule has 94 valence electrons. The van der Waals surface area contributed by atoms with E-state index in [0.29, 0.717) is 30.7 Å². The summed E-state index contributed by atoms with van der Waals surface area (Å²) in [5.74, 6) is 1.54. The first kappa shape index (κ1) is 12.1. The van der Waals surface area contributed by atoms with Crippen molar-refractivity contribution in [3.8, 4) is 0 Å². The molecule has 0 aliphatic heterocycles. The molecule has 2 rings (SSSR count). The molecule has 0 spiro atoms. The maximum atomic E-state index is 11.4. The van der Waals surface area contributed by atoms with Crippen molar-refractivity contribution in [1.82, 2.24) is 4.98 Å². The van der Waals surface area contributed by atoms with Gasteiger partial charge in [-0.15, -0.1) is 0 Å². The average molecular weight is 239 g/mol. The summed E-state index contributed by atoms with van der Waals surface area (Å²) in [6.07, 6.45) is 2.40. The fraction of sp³-hybridized carbons (Fsp3) is 0.667. The highest BCUT2D eigenvalue weighted by atomic mass is 16.5. The zero-order valence-corrected chi connectivity index (χ0v) is 10.2. The second kappa shape index (κ2) is 5.31. The quantitative estimate of drug-likeness (QED) is 0.708. The fourth-order valence-electron chi connectivity index (χ4n) is 1.74. The van der Waals surface area contributed by atoms with Crippen LogP contribution >= 0.6 is 0 Å². The summed E-state index contributed by atoms with van der Waals surface area (Å²) in [5, 5.41) is 0. The van der Waals surface area contributed by atoms with E-state index >= 15 is 0 Å². The predicted molar refractivity (Wildman–Crippen MR) is 59.5 cm³/mol. The Labute approximate surface area is 100 Å². The van der Waals surface area contributed by atoms with Gasteiger partial charge in [0.15, 0.2) is 0 Å². The summed E-state index contributed by atoms with van der Waals surface area (Å²) in [5.41, 5.74) is 0.706. The molecule has 0 atom stereocenters. The number of hydrogen-bond donors (Lipinski definition) is 0. The second-order valence-electron chi connectivity index (χ2n) is 4.11. The van der Waals surface area contributed by atoms with Gasteiger partial charge in [0.05, 0.1) is 18.7 Å². The lowest BCUT2D eigenvalue weighted by molar-refractivity contribution is -0.142. The topological polar surface area (TPSA) is 61.6 Å². The molecular weight excluding hydrogens is 222 g/mol. The van der Waals surface area contributed by atoms with Crippen LogP contribution in [0.2, 0.25) is 0 Å². The molecule has 0 amide bonds. The Hall–Kier alpha value is -1.36. The van der Waals surface area contributed by atoms with Gasteiger partial charge in [0.1, 0.15) is 12.4 Å². The van der Waals surface area contributed by atoms with Crippen LogP contribution in [0.25, 0.3) is 0 Å². The molecule has 1 saturated carbocycles. The molecule has 1 aromatic heterocycles. The lowest BCUT2D eigenvalue weighted by Crippen LogP contribution is -2.09.